The molecule has 6 heteroatoms. The minimum atomic E-state index is -0.492. The molecule has 0 saturated heterocycles. The summed E-state index contributed by atoms with van der Waals surface area (Å²) in [7, 11) is 0. The van der Waals surface area contributed by atoms with Gasteiger partial charge in [0.05, 0.1) is 16.2 Å². The van der Waals surface area contributed by atoms with Crippen molar-refractivity contribution >= 4 is 23.1 Å². The molecule has 2 rings (SSSR count). The highest BCUT2D eigenvalue weighted by atomic mass is 16.6. The van der Waals surface area contributed by atoms with Gasteiger partial charge in [-0.15, -0.1) is 0 Å². The van der Waals surface area contributed by atoms with Gasteiger partial charge in [-0.05, 0) is 25.0 Å². The fraction of sp³-hybridized carbons (Fsp3) is 0.263. The Kier molecular flexibility index (Phi) is 6.00. The molecule has 1 N–H and O–H groups in total. The lowest BCUT2D eigenvalue weighted by atomic mass is 10.0. The summed E-state index contributed by atoms with van der Waals surface area (Å²) in [6.07, 6.45) is 1.02. The van der Waals surface area contributed by atoms with Crippen molar-refractivity contribution in [3.63, 3.8) is 0 Å². The number of ketones is 1. The molecule has 25 heavy (non-hydrogen) atoms. The first-order valence-electron chi connectivity index (χ1n) is 8.08. The number of benzene rings is 2. The fourth-order valence-electron chi connectivity index (χ4n) is 2.47. The molecule has 0 aliphatic heterocycles. The minimum absolute atomic E-state index is 0.0243. The van der Waals surface area contributed by atoms with Crippen molar-refractivity contribution < 1.29 is 14.5 Å². The molecule has 0 spiro atoms. The molecule has 0 bridgehead atoms. The maximum absolute atomic E-state index is 12.1. The highest BCUT2D eigenvalue weighted by Crippen LogP contribution is 2.25. The van der Waals surface area contributed by atoms with Gasteiger partial charge in [0.15, 0.2) is 5.78 Å². The van der Waals surface area contributed by atoms with Gasteiger partial charge in [-0.3, -0.25) is 19.7 Å². The van der Waals surface area contributed by atoms with Crippen LogP contribution in [0.2, 0.25) is 0 Å². The van der Waals surface area contributed by atoms with Crippen LogP contribution >= 0.6 is 0 Å². The zero-order chi connectivity index (χ0) is 18.4. The van der Waals surface area contributed by atoms with Gasteiger partial charge >= 0.3 is 0 Å². The van der Waals surface area contributed by atoms with Crippen LogP contribution in [0.25, 0.3) is 0 Å². The summed E-state index contributed by atoms with van der Waals surface area (Å²) in [4.78, 5) is 34.6. The number of nitrogens with one attached hydrogen (secondary N) is 1. The lowest BCUT2D eigenvalue weighted by molar-refractivity contribution is -0.385. The van der Waals surface area contributed by atoms with Gasteiger partial charge in [0.2, 0.25) is 5.91 Å². The predicted molar refractivity (Wildman–Crippen MR) is 95.8 cm³/mol. The Morgan fingerprint density at radius 1 is 1.08 bits per heavy atom. The SMILES string of the molecule is CCc1ccc(C(=O)CCC(=O)Nc2cccc([N+](=O)[O-])c2C)cc1. The van der Waals surface area contributed by atoms with Gasteiger partial charge in [0.1, 0.15) is 0 Å². The first-order valence-corrected chi connectivity index (χ1v) is 8.08. The topological polar surface area (TPSA) is 89.3 Å². The Balaban J connectivity index is 1.95. The lowest BCUT2D eigenvalue weighted by Gasteiger charge is -2.08. The highest BCUT2D eigenvalue weighted by Gasteiger charge is 2.15. The summed E-state index contributed by atoms with van der Waals surface area (Å²) in [5, 5.41) is 13.6. The maximum Gasteiger partial charge on any atom is 0.274 e. The number of nitrogens with zero attached hydrogens (tertiary/aromatic N) is 1. The second kappa shape index (κ2) is 8.19. The van der Waals surface area contributed by atoms with E-state index in [9.17, 15) is 19.7 Å². The quantitative estimate of drug-likeness (QED) is 0.467. The van der Waals surface area contributed by atoms with Crippen molar-refractivity contribution in [2.45, 2.75) is 33.1 Å². The number of amides is 1. The van der Waals surface area contributed by atoms with Crippen molar-refractivity contribution in [2.24, 2.45) is 0 Å². The Bertz CT molecular complexity index is 798. The average Bonchev–Trinajstić information content (AvgIpc) is 2.61. The van der Waals surface area contributed by atoms with Crippen LogP contribution in [0.1, 0.15) is 41.3 Å². The Morgan fingerprint density at radius 3 is 2.36 bits per heavy atom. The molecule has 0 atom stereocenters. The second-order valence-corrected chi connectivity index (χ2v) is 5.73. The van der Waals surface area contributed by atoms with Crippen molar-refractivity contribution in [3.05, 3.63) is 69.3 Å². The molecule has 0 aliphatic carbocycles. The molecule has 0 heterocycles. The third kappa shape index (κ3) is 4.73. The predicted octanol–water partition coefficient (Wildman–Crippen LogP) is 4.07. The highest BCUT2D eigenvalue weighted by molar-refractivity contribution is 6.00. The third-order valence-corrected chi connectivity index (χ3v) is 4.04. The van der Waals surface area contributed by atoms with E-state index in [2.05, 4.69) is 5.32 Å². The van der Waals surface area contributed by atoms with Gasteiger partial charge < -0.3 is 5.32 Å². The molecule has 2 aromatic carbocycles. The Hall–Kier alpha value is -3.02. The molecule has 0 unspecified atom stereocenters. The average molecular weight is 340 g/mol. The van der Waals surface area contributed by atoms with Gasteiger partial charge in [-0.2, -0.15) is 0 Å². The number of rotatable bonds is 7. The first kappa shape index (κ1) is 18.3. The van der Waals surface area contributed by atoms with Crippen LogP contribution in [-0.2, 0) is 11.2 Å². The van der Waals surface area contributed by atoms with Crippen molar-refractivity contribution in [3.8, 4) is 0 Å². The first-order chi connectivity index (χ1) is 11.9. The number of carbonyl (C=O) groups excluding carboxylic acids is 2. The molecule has 0 radical (unpaired) electrons. The number of Topliss-reactive ketones (excluding diaryl/α,β-unsaturated/α-hetero) is 1. The maximum atomic E-state index is 12.1. The Labute approximate surface area is 146 Å². The normalized spacial score (nSPS) is 10.3. The van der Waals surface area contributed by atoms with Crippen molar-refractivity contribution in [2.75, 3.05) is 5.32 Å². The molecule has 0 aromatic heterocycles. The number of aryl methyl sites for hydroxylation is 1. The number of anilines is 1. The minimum Gasteiger partial charge on any atom is -0.326 e. The molecule has 6 nitrogen and oxygen atoms in total. The molecule has 1 amide bonds. The molecular weight excluding hydrogens is 320 g/mol. The number of carbonyl (C=O) groups is 2. The fourth-order valence-corrected chi connectivity index (χ4v) is 2.47. The summed E-state index contributed by atoms with van der Waals surface area (Å²) in [6.45, 7) is 3.62. The smallest absolute Gasteiger partial charge is 0.274 e. The summed E-state index contributed by atoms with van der Waals surface area (Å²) in [5.74, 6) is -0.448. The zero-order valence-corrected chi connectivity index (χ0v) is 14.2. The van der Waals surface area contributed by atoms with E-state index >= 15 is 0 Å². The van der Waals surface area contributed by atoms with Crippen LogP contribution in [0, 0.1) is 17.0 Å². The zero-order valence-electron chi connectivity index (χ0n) is 14.2. The van der Waals surface area contributed by atoms with Crippen molar-refractivity contribution in [1.29, 1.82) is 0 Å². The van der Waals surface area contributed by atoms with Crippen LogP contribution in [0.15, 0.2) is 42.5 Å². The van der Waals surface area contributed by atoms with E-state index in [0.29, 0.717) is 16.8 Å². The molecule has 0 aliphatic rings. The third-order valence-electron chi connectivity index (χ3n) is 4.04. The summed E-state index contributed by atoms with van der Waals surface area (Å²) < 4.78 is 0. The molecule has 0 fully saturated rings. The Morgan fingerprint density at radius 2 is 1.76 bits per heavy atom. The lowest BCUT2D eigenvalue weighted by Crippen LogP contribution is -2.14. The van der Waals surface area contributed by atoms with E-state index in [4.69, 9.17) is 0 Å². The summed E-state index contributed by atoms with van der Waals surface area (Å²) >= 11 is 0. The van der Waals surface area contributed by atoms with Crippen molar-refractivity contribution in [1.82, 2.24) is 0 Å². The summed E-state index contributed by atoms with van der Waals surface area (Å²) in [5.41, 5.74) is 2.46. The summed E-state index contributed by atoms with van der Waals surface area (Å²) in [6, 6.07) is 11.8. The molecular formula is C19H20N2O4. The number of hydrogen-bond donors (Lipinski definition) is 1. The standard InChI is InChI=1S/C19H20N2O4/c1-3-14-7-9-15(10-8-14)18(22)11-12-19(23)20-16-5-4-6-17(13(16)2)21(24)25/h4-10H,3,11-12H2,1-2H3,(H,20,23). The van der Waals surface area contributed by atoms with Gasteiger partial charge in [0, 0.05) is 24.5 Å². The number of nitro groups is 1. The van der Waals surface area contributed by atoms with Crippen LogP contribution in [0.5, 0.6) is 0 Å². The van der Waals surface area contributed by atoms with Crippen LogP contribution in [-0.4, -0.2) is 16.6 Å². The van der Waals surface area contributed by atoms with Gasteiger partial charge in [-0.25, -0.2) is 0 Å². The van der Waals surface area contributed by atoms with E-state index in [0.717, 1.165) is 12.0 Å². The largest absolute Gasteiger partial charge is 0.326 e. The molecule has 0 saturated carbocycles. The van der Waals surface area contributed by atoms with Crippen LogP contribution in [0.3, 0.4) is 0 Å². The number of nitro benzene ring substituents is 1. The van der Waals surface area contributed by atoms with Gasteiger partial charge in [0.25, 0.3) is 5.69 Å². The van der Waals surface area contributed by atoms with Gasteiger partial charge in [-0.1, -0.05) is 37.3 Å². The van der Waals surface area contributed by atoms with E-state index in [-0.39, 0.29) is 30.2 Å². The van der Waals surface area contributed by atoms with E-state index in [1.54, 1.807) is 25.1 Å². The van der Waals surface area contributed by atoms with E-state index < -0.39 is 4.92 Å². The van der Waals surface area contributed by atoms with Crippen LogP contribution in [0.4, 0.5) is 11.4 Å². The number of hydrogen-bond acceptors (Lipinski definition) is 4. The molecule has 2 aromatic rings. The monoisotopic (exact) mass is 340 g/mol. The second-order valence-electron chi connectivity index (χ2n) is 5.73. The van der Waals surface area contributed by atoms with E-state index in [1.165, 1.54) is 12.1 Å². The van der Waals surface area contributed by atoms with E-state index in [1.807, 2.05) is 19.1 Å². The van der Waals surface area contributed by atoms with Crippen LogP contribution < -0.4 is 5.32 Å². The molecule has 130 valence electrons.